The molecule has 2 aromatic heterocycles. The molecule has 2 heterocycles. The van der Waals surface area contributed by atoms with Gasteiger partial charge in [0.2, 0.25) is 0 Å². The summed E-state index contributed by atoms with van der Waals surface area (Å²) in [5.74, 6) is -0.292. The molecule has 3 rings (SSSR count). The molecule has 0 aliphatic heterocycles. The van der Waals surface area contributed by atoms with Crippen molar-refractivity contribution in [3.05, 3.63) is 64.5 Å². The average Bonchev–Trinajstić information content (AvgIpc) is 3.20. The van der Waals surface area contributed by atoms with Crippen LogP contribution >= 0.6 is 0 Å². The van der Waals surface area contributed by atoms with E-state index < -0.39 is 4.92 Å². The van der Waals surface area contributed by atoms with Crippen LogP contribution in [-0.2, 0) is 7.05 Å². The maximum Gasteiger partial charge on any atom is 0.271 e. The van der Waals surface area contributed by atoms with E-state index in [1.54, 1.807) is 18.2 Å². The predicted octanol–water partition coefficient (Wildman–Crippen LogP) is 2.92. The molecule has 0 saturated heterocycles. The molecular weight excluding hydrogens is 334 g/mol. The first-order valence-electron chi connectivity index (χ1n) is 8.14. The molecule has 0 bridgehead atoms. The molecule has 3 aromatic rings. The number of amides is 1. The molecule has 1 N–H and O–H groups in total. The van der Waals surface area contributed by atoms with Crippen molar-refractivity contribution >= 4 is 11.6 Å². The number of rotatable bonds is 5. The molecule has 8 heteroatoms. The van der Waals surface area contributed by atoms with Gasteiger partial charge in [0.05, 0.1) is 16.3 Å². The first kappa shape index (κ1) is 17.4. The third-order valence-corrected chi connectivity index (χ3v) is 3.85. The van der Waals surface area contributed by atoms with Gasteiger partial charge in [0.15, 0.2) is 0 Å². The number of aryl methyl sites for hydroxylation is 1. The Kier molecular flexibility index (Phi) is 4.57. The smallest absolute Gasteiger partial charge is 0.271 e. The second-order valence-corrected chi connectivity index (χ2v) is 6.24. The molecule has 0 aliphatic rings. The fraction of sp³-hybridized carbons (Fsp3) is 0.222. The minimum atomic E-state index is -0.473. The molecule has 0 spiro atoms. The number of hydrogen-bond donors (Lipinski definition) is 1. The Morgan fingerprint density at radius 2 is 2.00 bits per heavy atom. The van der Waals surface area contributed by atoms with Crippen molar-refractivity contribution in [2.24, 2.45) is 7.05 Å². The molecular formula is C18H19N5O3. The lowest BCUT2D eigenvalue weighted by molar-refractivity contribution is -0.384. The van der Waals surface area contributed by atoms with Crippen LogP contribution in [0.2, 0.25) is 0 Å². The average molecular weight is 353 g/mol. The number of aromatic nitrogens is 3. The lowest BCUT2D eigenvalue weighted by Crippen LogP contribution is -2.31. The second kappa shape index (κ2) is 6.83. The third kappa shape index (κ3) is 3.34. The van der Waals surface area contributed by atoms with Gasteiger partial charge in [-0.05, 0) is 38.1 Å². The molecule has 1 amide bonds. The van der Waals surface area contributed by atoms with Crippen molar-refractivity contribution in [3.8, 4) is 17.1 Å². The first-order valence-corrected chi connectivity index (χ1v) is 8.14. The molecule has 8 nitrogen and oxygen atoms in total. The van der Waals surface area contributed by atoms with Crippen LogP contribution in [0.4, 0.5) is 5.69 Å². The van der Waals surface area contributed by atoms with Gasteiger partial charge in [0, 0.05) is 31.4 Å². The molecule has 0 aliphatic carbocycles. The topological polar surface area (TPSA) is 95.0 Å². The van der Waals surface area contributed by atoms with E-state index in [0.29, 0.717) is 17.1 Å². The summed E-state index contributed by atoms with van der Waals surface area (Å²) >= 11 is 0. The number of carbonyl (C=O) groups excluding carboxylic acids is 1. The number of benzene rings is 1. The van der Waals surface area contributed by atoms with Crippen molar-refractivity contribution < 1.29 is 9.72 Å². The number of nitro benzene ring substituents is 1. The van der Waals surface area contributed by atoms with Crippen LogP contribution in [-0.4, -0.2) is 31.2 Å². The van der Waals surface area contributed by atoms with Crippen LogP contribution in [0.25, 0.3) is 17.1 Å². The Morgan fingerprint density at radius 1 is 1.23 bits per heavy atom. The molecule has 134 valence electrons. The number of carbonyl (C=O) groups is 1. The van der Waals surface area contributed by atoms with Gasteiger partial charge in [-0.25, -0.2) is 4.68 Å². The van der Waals surface area contributed by atoms with Gasteiger partial charge in [-0.2, -0.15) is 5.10 Å². The highest BCUT2D eigenvalue weighted by molar-refractivity contribution is 5.94. The summed E-state index contributed by atoms with van der Waals surface area (Å²) < 4.78 is 3.33. The zero-order valence-corrected chi connectivity index (χ0v) is 14.7. The quantitative estimate of drug-likeness (QED) is 0.563. The van der Waals surface area contributed by atoms with Crippen LogP contribution in [0.5, 0.6) is 0 Å². The van der Waals surface area contributed by atoms with Gasteiger partial charge in [0.1, 0.15) is 11.4 Å². The Hall–Kier alpha value is -3.42. The highest BCUT2D eigenvalue weighted by Crippen LogP contribution is 2.24. The molecule has 1 aromatic carbocycles. The SMILES string of the molecule is CC(C)NC(=O)c1cc(-c2cccn2C)nn1-c1cccc([N+](=O)[O-])c1. The maximum absolute atomic E-state index is 12.6. The van der Waals surface area contributed by atoms with E-state index in [-0.39, 0.29) is 17.6 Å². The standard InChI is InChI=1S/C18H19N5O3/c1-12(2)19-18(24)17-11-15(16-8-5-9-21(16)3)20-22(17)13-6-4-7-14(10-13)23(25)26/h4-12H,1-3H3,(H,19,24). The highest BCUT2D eigenvalue weighted by Gasteiger charge is 2.20. The van der Waals surface area contributed by atoms with Gasteiger partial charge in [-0.3, -0.25) is 14.9 Å². The Labute approximate surface area is 150 Å². The molecule has 26 heavy (non-hydrogen) atoms. The van der Waals surface area contributed by atoms with Crippen molar-refractivity contribution in [2.45, 2.75) is 19.9 Å². The minimum Gasteiger partial charge on any atom is -0.349 e. The Bertz CT molecular complexity index is 971. The van der Waals surface area contributed by atoms with E-state index in [1.165, 1.54) is 16.8 Å². The van der Waals surface area contributed by atoms with Crippen LogP contribution in [0.3, 0.4) is 0 Å². The number of nitro groups is 1. The van der Waals surface area contributed by atoms with Gasteiger partial charge >= 0.3 is 0 Å². The highest BCUT2D eigenvalue weighted by atomic mass is 16.6. The van der Waals surface area contributed by atoms with Crippen molar-refractivity contribution in [2.75, 3.05) is 0 Å². The van der Waals surface area contributed by atoms with Crippen LogP contribution < -0.4 is 5.32 Å². The Balaban J connectivity index is 2.14. The summed E-state index contributed by atoms with van der Waals surface area (Å²) in [5.41, 5.74) is 2.16. The number of hydrogen-bond acceptors (Lipinski definition) is 4. The lowest BCUT2D eigenvalue weighted by Gasteiger charge is -2.10. The van der Waals surface area contributed by atoms with Crippen molar-refractivity contribution in [3.63, 3.8) is 0 Å². The van der Waals surface area contributed by atoms with E-state index in [0.717, 1.165) is 5.69 Å². The normalized spacial score (nSPS) is 10.9. The van der Waals surface area contributed by atoms with E-state index in [1.807, 2.05) is 43.8 Å². The number of non-ortho nitro benzene ring substituents is 1. The zero-order valence-electron chi connectivity index (χ0n) is 14.7. The maximum atomic E-state index is 12.6. The summed E-state index contributed by atoms with van der Waals surface area (Å²) in [5, 5.41) is 18.4. The van der Waals surface area contributed by atoms with Gasteiger partial charge in [0.25, 0.3) is 11.6 Å². The van der Waals surface area contributed by atoms with Crippen LogP contribution in [0.15, 0.2) is 48.7 Å². The predicted molar refractivity (Wildman–Crippen MR) is 97.2 cm³/mol. The summed E-state index contributed by atoms with van der Waals surface area (Å²) in [7, 11) is 1.88. The van der Waals surface area contributed by atoms with E-state index >= 15 is 0 Å². The van der Waals surface area contributed by atoms with Crippen molar-refractivity contribution in [1.29, 1.82) is 0 Å². The van der Waals surface area contributed by atoms with Gasteiger partial charge in [-0.15, -0.1) is 0 Å². The molecule has 0 fully saturated rings. The summed E-state index contributed by atoms with van der Waals surface area (Å²) in [6.45, 7) is 3.73. The second-order valence-electron chi connectivity index (χ2n) is 6.24. The molecule has 0 radical (unpaired) electrons. The summed E-state index contributed by atoms with van der Waals surface area (Å²) in [6, 6.07) is 11.5. The van der Waals surface area contributed by atoms with Crippen molar-refractivity contribution in [1.82, 2.24) is 19.7 Å². The molecule has 0 unspecified atom stereocenters. The minimum absolute atomic E-state index is 0.0468. The monoisotopic (exact) mass is 353 g/mol. The summed E-state index contributed by atoms with van der Waals surface area (Å²) in [6.07, 6.45) is 1.88. The Morgan fingerprint density at radius 3 is 2.62 bits per heavy atom. The molecule has 0 atom stereocenters. The largest absolute Gasteiger partial charge is 0.349 e. The first-order chi connectivity index (χ1) is 12.4. The van der Waals surface area contributed by atoms with E-state index in [4.69, 9.17) is 0 Å². The fourth-order valence-corrected chi connectivity index (χ4v) is 2.67. The summed E-state index contributed by atoms with van der Waals surface area (Å²) in [4.78, 5) is 23.2. The van der Waals surface area contributed by atoms with Crippen LogP contribution in [0.1, 0.15) is 24.3 Å². The number of nitrogens with one attached hydrogen (secondary N) is 1. The third-order valence-electron chi connectivity index (χ3n) is 3.85. The number of nitrogens with zero attached hydrogens (tertiary/aromatic N) is 4. The fourth-order valence-electron chi connectivity index (χ4n) is 2.67. The van der Waals surface area contributed by atoms with E-state index in [9.17, 15) is 14.9 Å². The zero-order chi connectivity index (χ0) is 18.8. The van der Waals surface area contributed by atoms with Crippen LogP contribution in [0, 0.1) is 10.1 Å². The van der Waals surface area contributed by atoms with Gasteiger partial charge < -0.3 is 9.88 Å². The lowest BCUT2D eigenvalue weighted by atomic mass is 10.2. The van der Waals surface area contributed by atoms with Gasteiger partial charge in [-0.1, -0.05) is 6.07 Å². The molecule has 0 saturated carbocycles. The van der Waals surface area contributed by atoms with E-state index in [2.05, 4.69) is 10.4 Å².